The molecule has 0 saturated heterocycles. The maximum absolute atomic E-state index is 11.7. The molecule has 1 aromatic carbocycles. The van der Waals surface area contributed by atoms with E-state index in [-0.39, 0.29) is 17.9 Å². The first-order chi connectivity index (χ1) is 9.52. The molecule has 0 bridgehead atoms. The number of anilines is 1. The third-order valence-electron chi connectivity index (χ3n) is 2.66. The Bertz CT molecular complexity index is 467. The molecule has 108 valence electrons. The SMILES string of the molecule is C=CCNC(=O)c1ccc(NC(=O)CCC(C)N)cc1. The molecule has 0 aliphatic rings. The molecule has 1 rings (SSSR count). The number of amides is 2. The zero-order chi connectivity index (χ0) is 15.0. The van der Waals surface area contributed by atoms with Crippen molar-refractivity contribution in [2.24, 2.45) is 5.73 Å². The predicted octanol–water partition coefficient (Wildman–Crippen LogP) is 1.67. The minimum absolute atomic E-state index is 0.0108. The van der Waals surface area contributed by atoms with Crippen LogP contribution in [0.4, 0.5) is 5.69 Å². The van der Waals surface area contributed by atoms with Gasteiger partial charge < -0.3 is 16.4 Å². The van der Waals surface area contributed by atoms with Crippen molar-refractivity contribution in [2.75, 3.05) is 11.9 Å². The fourth-order valence-electron chi connectivity index (χ4n) is 1.55. The van der Waals surface area contributed by atoms with Crippen LogP contribution in [0.1, 0.15) is 30.1 Å². The van der Waals surface area contributed by atoms with E-state index >= 15 is 0 Å². The summed E-state index contributed by atoms with van der Waals surface area (Å²) in [5.74, 6) is -0.245. The molecule has 1 atom stereocenters. The summed E-state index contributed by atoms with van der Waals surface area (Å²) in [5.41, 5.74) is 6.80. The van der Waals surface area contributed by atoms with Crippen LogP contribution in [0.3, 0.4) is 0 Å². The van der Waals surface area contributed by atoms with E-state index in [0.29, 0.717) is 30.6 Å². The topological polar surface area (TPSA) is 84.2 Å². The quantitative estimate of drug-likeness (QED) is 0.662. The van der Waals surface area contributed by atoms with Crippen LogP contribution in [0.5, 0.6) is 0 Å². The van der Waals surface area contributed by atoms with E-state index < -0.39 is 0 Å². The summed E-state index contributed by atoms with van der Waals surface area (Å²) in [5, 5.41) is 5.45. The number of nitrogens with two attached hydrogens (primary N) is 1. The van der Waals surface area contributed by atoms with Gasteiger partial charge in [-0.05, 0) is 37.6 Å². The minimum atomic E-state index is -0.167. The maximum Gasteiger partial charge on any atom is 0.251 e. The second-order valence-corrected chi connectivity index (χ2v) is 4.64. The summed E-state index contributed by atoms with van der Waals surface area (Å²) < 4.78 is 0. The van der Waals surface area contributed by atoms with Gasteiger partial charge >= 0.3 is 0 Å². The third-order valence-corrected chi connectivity index (χ3v) is 2.66. The molecule has 0 heterocycles. The number of hydrogen-bond acceptors (Lipinski definition) is 3. The Labute approximate surface area is 119 Å². The number of carbonyl (C=O) groups is 2. The summed E-state index contributed by atoms with van der Waals surface area (Å²) in [4.78, 5) is 23.3. The van der Waals surface area contributed by atoms with Gasteiger partial charge in [0.15, 0.2) is 0 Å². The van der Waals surface area contributed by atoms with Crippen LogP contribution >= 0.6 is 0 Å². The molecule has 0 aromatic heterocycles. The first-order valence-corrected chi connectivity index (χ1v) is 6.57. The summed E-state index contributed by atoms with van der Waals surface area (Å²) in [7, 11) is 0. The average molecular weight is 275 g/mol. The normalized spacial score (nSPS) is 11.5. The van der Waals surface area contributed by atoms with Crippen molar-refractivity contribution in [3.05, 3.63) is 42.5 Å². The highest BCUT2D eigenvalue weighted by atomic mass is 16.2. The highest BCUT2D eigenvalue weighted by Crippen LogP contribution is 2.10. The van der Waals surface area contributed by atoms with Crippen molar-refractivity contribution in [1.82, 2.24) is 5.32 Å². The molecule has 0 spiro atoms. The first kappa shape index (κ1) is 15.9. The minimum Gasteiger partial charge on any atom is -0.349 e. The highest BCUT2D eigenvalue weighted by Gasteiger charge is 2.06. The van der Waals surface area contributed by atoms with E-state index in [1.165, 1.54) is 0 Å². The zero-order valence-electron chi connectivity index (χ0n) is 11.7. The third kappa shape index (κ3) is 5.67. The summed E-state index contributed by atoms with van der Waals surface area (Å²) in [6, 6.07) is 6.75. The Kier molecular flexibility index (Phi) is 6.46. The molecule has 5 nitrogen and oxygen atoms in total. The van der Waals surface area contributed by atoms with Crippen molar-refractivity contribution in [3.8, 4) is 0 Å². The lowest BCUT2D eigenvalue weighted by molar-refractivity contribution is -0.116. The number of benzene rings is 1. The van der Waals surface area contributed by atoms with E-state index in [2.05, 4.69) is 17.2 Å². The van der Waals surface area contributed by atoms with Crippen LogP contribution < -0.4 is 16.4 Å². The van der Waals surface area contributed by atoms with Crippen LogP contribution in [-0.4, -0.2) is 24.4 Å². The van der Waals surface area contributed by atoms with Crippen molar-refractivity contribution in [2.45, 2.75) is 25.8 Å². The Morgan fingerprint density at radius 3 is 2.55 bits per heavy atom. The van der Waals surface area contributed by atoms with E-state index in [9.17, 15) is 9.59 Å². The van der Waals surface area contributed by atoms with Gasteiger partial charge in [-0.15, -0.1) is 6.58 Å². The van der Waals surface area contributed by atoms with Crippen LogP contribution in [-0.2, 0) is 4.79 Å². The monoisotopic (exact) mass is 275 g/mol. The molecule has 5 heteroatoms. The maximum atomic E-state index is 11.7. The van der Waals surface area contributed by atoms with E-state index in [1.807, 2.05) is 6.92 Å². The fraction of sp³-hybridized carbons (Fsp3) is 0.333. The van der Waals surface area contributed by atoms with Crippen LogP contribution in [0.2, 0.25) is 0 Å². The molecule has 1 aromatic rings. The zero-order valence-corrected chi connectivity index (χ0v) is 11.7. The van der Waals surface area contributed by atoms with Crippen molar-refractivity contribution in [1.29, 1.82) is 0 Å². The second kappa shape index (κ2) is 8.12. The van der Waals surface area contributed by atoms with Gasteiger partial charge in [0, 0.05) is 30.3 Å². The standard InChI is InChI=1S/C15H21N3O2/c1-3-10-17-15(20)12-5-7-13(8-6-12)18-14(19)9-4-11(2)16/h3,5-8,11H,1,4,9-10,16H2,2H3,(H,17,20)(H,18,19). The largest absolute Gasteiger partial charge is 0.349 e. The molecule has 0 saturated carbocycles. The lowest BCUT2D eigenvalue weighted by atomic mass is 10.1. The molecule has 0 fully saturated rings. The van der Waals surface area contributed by atoms with Gasteiger partial charge in [0.1, 0.15) is 0 Å². The van der Waals surface area contributed by atoms with Gasteiger partial charge in [0.25, 0.3) is 5.91 Å². The number of nitrogens with one attached hydrogen (secondary N) is 2. The van der Waals surface area contributed by atoms with Gasteiger partial charge in [0.2, 0.25) is 5.91 Å². The van der Waals surface area contributed by atoms with Gasteiger partial charge in [-0.25, -0.2) is 0 Å². The molecule has 0 radical (unpaired) electrons. The summed E-state index contributed by atoms with van der Waals surface area (Å²) in [6.07, 6.45) is 2.65. The predicted molar refractivity (Wildman–Crippen MR) is 80.5 cm³/mol. The Hall–Kier alpha value is -2.14. The average Bonchev–Trinajstić information content (AvgIpc) is 2.43. The number of hydrogen-bond donors (Lipinski definition) is 3. The van der Waals surface area contributed by atoms with Crippen LogP contribution in [0, 0.1) is 0 Å². The van der Waals surface area contributed by atoms with Crippen molar-refractivity contribution < 1.29 is 9.59 Å². The molecular formula is C15H21N3O2. The van der Waals surface area contributed by atoms with Gasteiger partial charge in [-0.1, -0.05) is 6.08 Å². The number of carbonyl (C=O) groups excluding carboxylic acids is 2. The van der Waals surface area contributed by atoms with Crippen molar-refractivity contribution >= 4 is 17.5 Å². The first-order valence-electron chi connectivity index (χ1n) is 6.57. The van der Waals surface area contributed by atoms with Crippen molar-refractivity contribution in [3.63, 3.8) is 0 Å². The summed E-state index contributed by atoms with van der Waals surface area (Å²) in [6.45, 7) is 5.82. The van der Waals surface area contributed by atoms with Crippen LogP contribution in [0.25, 0.3) is 0 Å². The van der Waals surface area contributed by atoms with E-state index in [0.717, 1.165) is 0 Å². The van der Waals surface area contributed by atoms with Crippen LogP contribution in [0.15, 0.2) is 36.9 Å². The highest BCUT2D eigenvalue weighted by molar-refractivity contribution is 5.95. The van der Waals surface area contributed by atoms with E-state index in [1.54, 1.807) is 30.3 Å². The molecule has 20 heavy (non-hydrogen) atoms. The number of rotatable bonds is 7. The molecule has 0 aliphatic carbocycles. The van der Waals surface area contributed by atoms with Gasteiger partial charge in [-0.3, -0.25) is 9.59 Å². The molecule has 4 N–H and O–H groups in total. The lowest BCUT2D eigenvalue weighted by Gasteiger charge is -2.08. The van der Waals surface area contributed by atoms with Gasteiger partial charge in [-0.2, -0.15) is 0 Å². The smallest absolute Gasteiger partial charge is 0.251 e. The molecular weight excluding hydrogens is 254 g/mol. The van der Waals surface area contributed by atoms with E-state index in [4.69, 9.17) is 5.73 Å². The fourth-order valence-corrected chi connectivity index (χ4v) is 1.55. The Balaban J connectivity index is 2.51. The lowest BCUT2D eigenvalue weighted by Crippen LogP contribution is -2.23. The molecule has 1 unspecified atom stereocenters. The Morgan fingerprint density at radius 2 is 2.00 bits per heavy atom. The molecule has 0 aliphatic heterocycles. The summed E-state index contributed by atoms with van der Waals surface area (Å²) >= 11 is 0. The van der Waals surface area contributed by atoms with Gasteiger partial charge in [0.05, 0.1) is 0 Å². The Morgan fingerprint density at radius 1 is 1.35 bits per heavy atom. The second-order valence-electron chi connectivity index (χ2n) is 4.64. The molecule has 2 amide bonds.